The van der Waals surface area contributed by atoms with Crippen molar-refractivity contribution in [3.8, 4) is 0 Å². The molecule has 0 amide bonds. The molecule has 0 aliphatic heterocycles. The number of nitrogens with two attached hydrogens (primary N) is 1. The molecule has 1 aromatic carbocycles. The number of benzene rings is 1. The molecule has 0 bridgehead atoms. The van der Waals surface area contributed by atoms with Crippen molar-refractivity contribution in [2.75, 3.05) is 5.73 Å². The monoisotopic (exact) mass is 290 g/mol. The molecule has 1 aliphatic rings. The molecule has 6 heteroatoms. The summed E-state index contributed by atoms with van der Waals surface area (Å²) in [6, 6.07) is -1.93. The summed E-state index contributed by atoms with van der Waals surface area (Å²) < 4.78 is 40.4. The number of carbonyl (C=O) groups is 2. The Labute approximate surface area is 127 Å². The summed E-state index contributed by atoms with van der Waals surface area (Å²) in [7, 11) is 0. The predicted octanol–water partition coefficient (Wildman–Crippen LogP) is 1.15. The quantitative estimate of drug-likeness (QED) is 0.628. The van der Waals surface area contributed by atoms with Gasteiger partial charge in [-0.1, -0.05) is 6.04 Å². The first kappa shape index (κ1) is 8.71. The smallest absolute Gasteiger partial charge is 0.264 e. The van der Waals surface area contributed by atoms with Crippen molar-refractivity contribution in [1.29, 1.82) is 0 Å². The molecule has 2 atom stereocenters. The van der Waals surface area contributed by atoms with Gasteiger partial charge in [0, 0.05) is 14.8 Å². The minimum atomic E-state index is -2.41. The summed E-state index contributed by atoms with van der Waals surface area (Å²) in [4.78, 5) is 41.1. The van der Waals surface area contributed by atoms with E-state index in [1.165, 1.54) is 0 Å². The van der Waals surface area contributed by atoms with E-state index in [-0.39, 0.29) is 40.9 Å². The number of Topliss-reactive ketones (excluding diaryl/α,β-unsaturated/α-hetero) is 2. The summed E-state index contributed by atoms with van der Waals surface area (Å²) in [5.74, 6) is -1.71. The lowest BCUT2D eigenvalue weighted by Crippen LogP contribution is -2.36. The Morgan fingerprint density at radius 3 is 3.10 bits per heavy atom. The number of carbonyl (C=O) groups excluding carboxylic acids is 2. The third kappa shape index (κ3) is 2.12. The van der Waals surface area contributed by atoms with Crippen molar-refractivity contribution in [3.05, 3.63) is 34.3 Å². The van der Waals surface area contributed by atoms with Gasteiger partial charge in [-0.3, -0.25) is 19.0 Å². The molecule has 3 rings (SSSR count). The van der Waals surface area contributed by atoms with E-state index in [1.807, 2.05) is 0 Å². The van der Waals surface area contributed by atoms with Crippen molar-refractivity contribution in [2.24, 2.45) is 0 Å². The first-order valence-electron chi connectivity index (χ1n) is 8.99. The molecule has 2 aromatic rings. The number of nitrogen functional groups attached to an aromatic ring is 1. The highest BCUT2D eigenvalue weighted by molar-refractivity contribution is 6.03. The third-order valence-corrected chi connectivity index (χ3v) is 3.27. The maximum atomic E-state index is 13.0. The van der Waals surface area contributed by atoms with E-state index in [2.05, 4.69) is 4.98 Å². The number of aromatic nitrogens is 2. The molecule has 1 aliphatic carbocycles. The first-order chi connectivity index (χ1) is 12.1. The minimum absolute atomic E-state index is 0.145. The Morgan fingerprint density at radius 1 is 1.57 bits per heavy atom. The number of aryl methyl sites for hydroxylation is 1. The summed E-state index contributed by atoms with van der Waals surface area (Å²) in [5.41, 5.74) is 4.53. The van der Waals surface area contributed by atoms with Gasteiger partial charge in [0.25, 0.3) is 5.56 Å². The normalized spacial score (nSPS) is 29.5. The van der Waals surface area contributed by atoms with Crippen molar-refractivity contribution < 1.29 is 16.4 Å². The Hall–Kier alpha value is -2.50. The molecule has 21 heavy (non-hydrogen) atoms. The number of hydrogen-bond donors (Lipinski definition) is 1. The first-order valence-corrected chi connectivity index (χ1v) is 6.21. The molecule has 0 spiro atoms. The SMILES string of the molecule is [2H]Cc1nc2c([2H])c([2H])cc(N)c2c(=O)n1C1([2H])C(=O)CC(=O)CC1[2H]. The van der Waals surface area contributed by atoms with Crippen LogP contribution in [0, 0.1) is 6.90 Å². The number of rotatable bonds is 1. The predicted molar refractivity (Wildman–Crippen MR) is 78.1 cm³/mol. The van der Waals surface area contributed by atoms with Crippen LogP contribution in [-0.4, -0.2) is 21.1 Å². The molecule has 2 unspecified atom stereocenters. The lowest BCUT2D eigenvalue weighted by molar-refractivity contribution is -0.132. The van der Waals surface area contributed by atoms with Gasteiger partial charge in [-0.05, 0) is 25.4 Å². The van der Waals surface area contributed by atoms with E-state index in [0.717, 1.165) is 6.07 Å². The van der Waals surface area contributed by atoms with E-state index in [9.17, 15) is 14.4 Å². The molecule has 108 valence electrons. The molecule has 1 saturated carbocycles. The van der Waals surface area contributed by atoms with Crippen molar-refractivity contribution in [2.45, 2.75) is 32.2 Å². The number of fused-ring (bicyclic) bond motifs is 1. The van der Waals surface area contributed by atoms with Crippen LogP contribution in [0.5, 0.6) is 0 Å². The van der Waals surface area contributed by atoms with E-state index in [4.69, 9.17) is 12.6 Å². The fourth-order valence-electron chi connectivity index (χ4n) is 2.30. The van der Waals surface area contributed by atoms with Crippen LogP contribution in [-0.2, 0) is 9.59 Å². The van der Waals surface area contributed by atoms with Crippen LogP contribution in [0.4, 0.5) is 5.69 Å². The van der Waals surface area contributed by atoms with Crippen LogP contribution in [0.25, 0.3) is 10.9 Å². The van der Waals surface area contributed by atoms with Crippen LogP contribution >= 0.6 is 0 Å². The molecule has 0 radical (unpaired) electrons. The topological polar surface area (TPSA) is 95.0 Å². The van der Waals surface area contributed by atoms with Gasteiger partial charge < -0.3 is 5.73 Å². The summed E-state index contributed by atoms with van der Waals surface area (Å²) in [6.07, 6.45) is -2.49. The van der Waals surface area contributed by atoms with Crippen LogP contribution in [0.2, 0.25) is 0 Å². The second-order valence-electron chi connectivity index (χ2n) is 4.69. The van der Waals surface area contributed by atoms with Gasteiger partial charge in [0.2, 0.25) is 0 Å². The maximum absolute atomic E-state index is 13.0. The van der Waals surface area contributed by atoms with Gasteiger partial charge in [-0.2, -0.15) is 0 Å². The van der Waals surface area contributed by atoms with Crippen molar-refractivity contribution in [3.63, 3.8) is 0 Å². The Kier molecular flexibility index (Phi) is 1.99. The zero-order valence-corrected chi connectivity index (χ0v) is 11.0. The fraction of sp³-hybridized carbons (Fsp3) is 0.333. The van der Waals surface area contributed by atoms with Gasteiger partial charge in [-0.15, -0.1) is 0 Å². The van der Waals surface area contributed by atoms with Gasteiger partial charge in [-0.25, -0.2) is 4.98 Å². The molecule has 0 saturated heterocycles. The van der Waals surface area contributed by atoms with Gasteiger partial charge in [0.15, 0.2) is 5.78 Å². The number of ketones is 2. The number of hydrogen-bond acceptors (Lipinski definition) is 5. The maximum Gasteiger partial charge on any atom is 0.264 e. The molecule has 2 N–H and O–H groups in total. The van der Waals surface area contributed by atoms with Crippen LogP contribution < -0.4 is 11.3 Å². The van der Waals surface area contributed by atoms with Gasteiger partial charge in [0.05, 0.1) is 27.5 Å². The van der Waals surface area contributed by atoms with Crippen molar-refractivity contribution in [1.82, 2.24) is 9.55 Å². The second-order valence-corrected chi connectivity index (χ2v) is 4.69. The Morgan fingerprint density at radius 2 is 2.38 bits per heavy atom. The van der Waals surface area contributed by atoms with Gasteiger partial charge >= 0.3 is 0 Å². The molecule has 1 heterocycles. The van der Waals surface area contributed by atoms with Crippen molar-refractivity contribution >= 4 is 28.2 Å². The highest BCUT2D eigenvalue weighted by Crippen LogP contribution is 2.24. The van der Waals surface area contributed by atoms with Crippen LogP contribution in [0.3, 0.4) is 0 Å². The lowest BCUT2D eigenvalue weighted by atomic mass is 9.92. The molecular formula is C15H15N3O3. The average Bonchev–Trinajstić information content (AvgIpc) is 2.56. The highest BCUT2D eigenvalue weighted by atomic mass is 16.2. The standard InChI is InChI=1S/C15H15N3O3/c1-8-17-11-4-2-3-10(16)14(11)15(21)18(8)12-6-5-9(19)7-13(12)20/h2-4,12H,5-7,16H2,1H3/i1D,2D,4D,6D,12D. The minimum Gasteiger partial charge on any atom is -0.398 e. The third-order valence-electron chi connectivity index (χ3n) is 3.27. The van der Waals surface area contributed by atoms with E-state index in [0.29, 0.717) is 4.57 Å². The average molecular weight is 290 g/mol. The number of anilines is 1. The zero-order valence-electron chi connectivity index (χ0n) is 16.0. The Balaban J connectivity index is 2.44. The van der Waals surface area contributed by atoms with Crippen LogP contribution in [0.1, 0.15) is 37.9 Å². The largest absolute Gasteiger partial charge is 0.398 e. The summed E-state index contributed by atoms with van der Waals surface area (Å²) >= 11 is 0. The molecule has 1 aromatic heterocycles. The number of nitrogens with zero attached hydrogens (tertiary/aromatic N) is 2. The van der Waals surface area contributed by atoms with E-state index in [1.54, 1.807) is 0 Å². The fourth-order valence-corrected chi connectivity index (χ4v) is 2.30. The Bertz CT molecular complexity index is 1020. The molecular weight excluding hydrogens is 270 g/mol. The summed E-state index contributed by atoms with van der Waals surface area (Å²) in [5, 5.41) is -0.244. The van der Waals surface area contributed by atoms with E-state index < -0.39 is 42.9 Å². The molecule has 6 nitrogen and oxygen atoms in total. The van der Waals surface area contributed by atoms with Gasteiger partial charge in [0.1, 0.15) is 11.6 Å². The summed E-state index contributed by atoms with van der Waals surface area (Å²) in [6.45, 7) is -0.596. The van der Waals surface area contributed by atoms with E-state index >= 15 is 0 Å². The highest BCUT2D eigenvalue weighted by Gasteiger charge is 2.30. The lowest BCUT2D eigenvalue weighted by Gasteiger charge is -2.24. The van der Waals surface area contributed by atoms with Crippen LogP contribution in [0.15, 0.2) is 22.9 Å². The molecule has 1 fully saturated rings. The second kappa shape index (κ2) is 4.80. The zero-order chi connectivity index (χ0) is 19.4.